The highest BCUT2D eigenvalue weighted by Gasteiger charge is 2.40. The van der Waals surface area contributed by atoms with Crippen molar-refractivity contribution < 1.29 is 9.90 Å². The summed E-state index contributed by atoms with van der Waals surface area (Å²) in [6, 6.07) is 7.41. The molecule has 5 nitrogen and oxygen atoms in total. The molecule has 0 atom stereocenters. The van der Waals surface area contributed by atoms with Crippen LogP contribution in [0, 0.1) is 0 Å². The van der Waals surface area contributed by atoms with Crippen LogP contribution in [-0.4, -0.2) is 5.78 Å². The van der Waals surface area contributed by atoms with Crippen molar-refractivity contribution in [3.05, 3.63) is 89.1 Å². The maximum atomic E-state index is 13.5. The smallest absolute Gasteiger partial charge is 0.216 e. The van der Waals surface area contributed by atoms with Crippen molar-refractivity contribution in [3.8, 4) is 0 Å². The molecule has 0 unspecified atom stereocenters. The van der Waals surface area contributed by atoms with Gasteiger partial charge in [0.25, 0.3) is 0 Å². The second-order valence-corrected chi connectivity index (χ2v) is 14.5. The van der Waals surface area contributed by atoms with E-state index < -0.39 is 22.4 Å². The lowest BCUT2D eigenvalue weighted by atomic mass is 9.62. The molecule has 3 aromatic rings. The average molecular weight is 523 g/mol. The Labute approximate surface area is 229 Å². The van der Waals surface area contributed by atoms with Crippen molar-refractivity contribution in [1.82, 2.24) is 0 Å². The highest BCUT2D eigenvalue weighted by Crippen LogP contribution is 2.49. The lowest BCUT2D eigenvalue weighted by molar-refractivity contribution is -0.244. The van der Waals surface area contributed by atoms with Crippen LogP contribution in [0.5, 0.6) is 0 Å². The minimum absolute atomic E-state index is 0.127. The third-order valence-corrected chi connectivity index (χ3v) is 10.0. The maximum Gasteiger partial charge on any atom is 0.216 e. The van der Waals surface area contributed by atoms with Crippen molar-refractivity contribution in [2.75, 3.05) is 0 Å². The first-order chi connectivity index (χ1) is 18.0. The molecule has 0 radical (unpaired) electrons. The quantitative estimate of drug-likeness (QED) is 0.452. The average Bonchev–Trinajstić information content (AvgIpc) is 3.24. The molecule has 0 fully saturated rings. The van der Waals surface area contributed by atoms with Crippen LogP contribution < -0.4 is 21.3 Å². The summed E-state index contributed by atoms with van der Waals surface area (Å²) in [5, 5.41) is 13.8. The van der Waals surface area contributed by atoms with Gasteiger partial charge in [-0.05, 0) is 93.4 Å². The van der Waals surface area contributed by atoms with Crippen LogP contribution in [0.3, 0.4) is 0 Å². The van der Waals surface area contributed by atoms with Gasteiger partial charge in [-0.3, -0.25) is 14.4 Å². The monoisotopic (exact) mass is 522 g/mol. The second-order valence-electron chi connectivity index (χ2n) is 14.5. The molecule has 0 amide bonds. The Morgan fingerprint density at radius 1 is 0.590 bits per heavy atom. The highest BCUT2D eigenvalue weighted by molar-refractivity contribution is 6.19. The van der Waals surface area contributed by atoms with Crippen molar-refractivity contribution in [2.24, 2.45) is 4.99 Å². The number of benzene rings is 2. The van der Waals surface area contributed by atoms with Gasteiger partial charge in [0.15, 0.2) is 5.36 Å². The molecule has 0 saturated heterocycles. The molecule has 39 heavy (non-hydrogen) atoms. The van der Waals surface area contributed by atoms with Crippen LogP contribution in [-0.2, 0) is 21.7 Å². The number of ketones is 1. The molecule has 0 aromatic heterocycles. The zero-order chi connectivity index (χ0) is 28.4. The summed E-state index contributed by atoms with van der Waals surface area (Å²) in [7, 11) is 0. The van der Waals surface area contributed by atoms with Crippen molar-refractivity contribution >= 4 is 22.3 Å². The second kappa shape index (κ2) is 7.65. The molecule has 0 bridgehead atoms. The molecule has 0 spiro atoms. The summed E-state index contributed by atoms with van der Waals surface area (Å²) in [4.78, 5) is 44.9. The number of hydrogen-bond acceptors (Lipinski definition) is 5. The summed E-state index contributed by atoms with van der Waals surface area (Å²) in [6.45, 7) is 17.3. The van der Waals surface area contributed by atoms with E-state index in [-0.39, 0.29) is 32.7 Å². The number of Topliss-reactive ketones (excluding diaryl/α,β-unsaturated/α-hetero) is 1. The molecular formula is C34H36NO4-. The topological polar surface area (TPSA) is 86.6 Å². The number of nitrogens with zero attached hydrogens (tertiary/aromatic N) is 1. The molecule has 3 aromatic carbocycles. The fourth-order valence-corrected chi connectivity index (χ4v) is 7.01. The van der Waals surface area contributed by atoms with Gasteiger partial charge >= 0.3 is 0 Å². The van der Waals surface area contributed by atoms with E-state index in [0.717, 1.165) is 47.9 Å². The molecule has 5 heteroatoms. The molecule has 0 aliphatic heterocycles. The zero-order valence-electron chi connectivity index (χ0n) is 24.2. The van der Waals surface area contributed by atoms with E-state index in [0.29, 0.717) is 21.9 Å². The third kappa shape index (κ3) is 3.51. The first-order valence-corrected chi connectivity index (χ1v) is 14.0. The number of rotatable bonds is 1. The standard InChI is InChI=1S/C34H37NO4/c1-31(2)9-10-32(3,4)22-14-18-17(13-21(22)31)27(36)25(28(18)37)35-26-29(38)19-15-23-24(16-20(19)30(26)39)34(7,8)12-11-33(23,5)6/h13-16,36H,9-12H2,1-8H3/p-1. The van der Waals surface area contributed by atoms with Gasteiger partial charge in [-0.15, -0.1) is 0 Å². The normalized spacial score (nSPS) is 22.0. The minimum Gasteiger partial charge on any atom is -0.870 e. The van der Waals surface area contributed by atoms with Crippen LogP contribution in [0.15, 0.2) is 44.5 Å². The minimum atomic E-state index is -0.511. The van der Waals surface area contributed by atoms with Crippen LogP contribution in [0.2, 0.25) is 0 Å². The molecule has 3 aliphatic rings. The lowest BCUT2D eigenvalue weighted by Gasteiger charge is -2.42. The number of fused-ring (bicyclic) bond motifs is 4. The largest absolute Gasteiger partial charge is 0.870 e. The predicted molar refractivity (Wildman–Crippen MR) is 153 cm³/mol. The Hall–Kier alpha value is -3.34. The van der Waals surface area contributed by atoms with Gasteiger partial charge in [0.1, 0.15) is 5.70 Å². The Morgan fingerprint density at radius 2 is 0.949 bits per heavy atom. The molecule has 6 rings (SSSR count). The number of carbonyl (C=O) groups excluding carboxylic acids is 1. The fraction of sp³-hybridized carbons (Fsp3) is 0.471. The zero-order valence-corrected chi connectivity index (χ0v) is 24.2. The van der Waals surface area contributed by atoms with Gasteiger partial charge in [0, 0.05) is 16.3 Å². The number of allylic oxidation sites excluding steroid dienone is 1. The first kappa shape index (κ1) is 25.9. The van der Waals surface area contributed by atoms with Crippen molar-refractivity contribution in [2.45, 2.75) is 103 Å². The Kier molecular flexibility index (Phi) is 5.08. The summed E-state index contributed by atoms with van der Waals surface area (Å²) < 4.78 is 0. The Bertz CT molecular complexity index is 1750. The van der Waals surface area contributed by atoms with Crippen LogP contribution in [0.25, 0.3) is 16.5 Å². The lowest BCUT2D eigenvalue weighted by Crippen LogP contribution is -2.34. The summed E-state index contributed by atoms with van der Waals surface area (Å²) in [5.74, 6) is -1.02. The molecule has 3 aliphatic carbocycles. The van der Waals surface area contributed by atoms with Gasteiger partial charge in [-0.1, -0.05) is 67.2 Å². The van der Waals surface area contributed by atoms with E-state index in [4.69, 9.17) is 0 Å². The van der Waals surface area contributed by atoms with Gasteiger partial charge in [-0.2, -0.15) is 0 Å². The SMILES string of the molecule is CC1(C)CCC(C)(C)c2cc3c(cc21)C(=O)C(N=c1c(=O)c2cc4c(cc2c1=O)C(C)(C)CCC4(C)C)=C3[O-]. The molecular weight excluding hydrogens is 486 g/mol. The van der Waals surface area contributed by atoms with Crippen LogP contribution >= 0.6 is 0 Å². The van der Waals surface area contributed by atoms with Crippen LogP contribution in [0.4, 0.5) is 0 Å². The van der Waals surface area contributed by atoms with Crippen LogP contribution in [0.1, 0.15) is 119 Å². The van der Waals surface area contributed by atoms with E-state index in [1.807, 2.05) is 24.3 Å². The van der Waals surface area contributed by atoms with Crippen molar-refractivity contribution in [1.29, 1.82) is 0 Å². The van der Waals surface area contributed by atoms with Crippen molar-refractivity contribution in [3.63, 3.8) is 0 Å². The van der Waals surface area contributed by atoms with Gasteiger partial charge in [0.05, 0.1) is 0 Å². The van der Waals surface area contributed by atoms with Gasteiger partial charge in [-0.25, -0.2) is 4.99 Å². The maximum absolute atomic E-state index is 13.5. The molecule has 202 valence electrons. The summed E-state index contributed by atoms with van der Waals surface area (Å²) in [6.07, 6.45) is 3.91. The highest BCUT2D eigenvalue weighted by atomic mass is 16.3. The summed E-state index contributed by atoms with van der Waals surface area (Å²) >= 11 is 0. The fourth-order valence-electron chi connectivity index (χ4n) is 7.01. The van der Waals surface area contributed by atoms with E-state index in [9.17, 15) is 19.5 Å². The number of carbonyl (C=O) groups is 1. The van der Waals surface area contributed by atoms with Gasteiger partial charge in [0.2, 0.25) is 16.6 Å². The van der Waals surface area contributed by atoms with Gasteiger partial charge < -0.3 is 5.11 Å². The van der Waals surface area contributed by atoms with E-state index >= 15 is 0 Å². The Balaban J connectivity index is 1.57. The van der Waals surface area contributed by atoms with E-state index in [1.54, 1.807) is 0 Å². The summed E-state index contributed by atoms with van der Waals surface area (Å²) in [5.41, 5.74) is 3.06. The molecule has 0 saturated carbocycles. The predicted octanol–water partition coefficient (Wildman–Crippen LogP) is 4.96. The van der Waals surface area contributed by atoms with E-state index in [1.165, 1.54) is 0 Å². The molecule has 0 heterocycles. The molecule has 0 N–H and O–H groups in total. The first-order valence-electron chi connectivity index (χ1n) is 14.0. The Morgan fingerprint density at radius 3 is 1.36 bits per heavy atom. The van der Waals surface area contributed by atoms with E-state index in [2.05, 4.69) is 60.4 Å². The third-order valence-electron chi connectivity index (χ3n) is 10.0. The number of hydrogen-bond donors (Lipinski definition) is 0.